The molecular formula is C18H17N2O2. The van der Waals surface area contributed by atoms with Crippen LogP contribution in [0.4, 0.5) is 0 Å². The van der Waals surface area contributed by atoms with Gasteiger partial charge < -0.3 is 15.0 Å². The van der Waals surface area contributed by atoms with Gasteiger partial charge in [0, 0.05) is 29.2 Å². The summed E-state index contributed by atoms with van der Waals surface area (Å²) < 4.78 is 5.26. The lowest BCUT2D eigenvalue weighted by Crippen LogP contribution is -2.25. The second kappa shape index (κ2) is 6.35. The number of carbonyl (C=O) groups excluding carboxylic acids is 1. The van der Waals surface area contributed by atoms with Gasteiger partial charge in [-0.3, -0.25) is 4.79 Å². The molecule has 0 unspecified atom stereocenters. The Bertz CT molecular complexity index is 778. The van der Waals surface area contributed by atoms with Crippen molar-refractivity contribution in [1.82, 2.24) is 10.3 Å². The quantitative estimate of drug-likeness (QED) is 0.760. The molecule has 2 aromatic carbocycles. The van der Waals surface area contributed by atoms with E-state index in [2.05, 4.69) is 16.4 Å². The molecule has 0 aliphatic rings. The number of hydrogen-bond acceptors (Lipinski definition) is 2. The van der Waals surface area contributed by atoms with Crippen LogP contribution in [0.2, 0.25) is 0 Å². The van der Waals surface area contributed by atoms with Crippen LogP contribution in [0.25, 0.3) is 10.9 Å². The molecule has 3 aromatic rings. The number of amides is 1. The van der Waals surface area contributed by atoms with Gasteiger partial charge in [-0.1, -0.05) is 18.2 Å². The van der Waals surface area contributed by atoms with Crippen molar-refractivity contribution in [1.29, 1.82) is 0 Å². The molecule has 22 heavy (non-hydrogen) atoms. The maximum Gasteiger partial charge on any atom is 0.251 e. The number of benzene rings is 2. The summed E-state index contributed by atoms with van der Waals surface area (Å²) in [6, 6.07) is 16.0. The van der Waals surface area contributed by atoms with E-state index < -0.39 is 0 Å². The molecular weight excluding hydrogens is 276 g/mol. The summed E-state index contributed by atoms with van der Waals surface area (Å²) in [5, 5.41) is 4.04. The lowest BCUT2D eigenvalue weighted by Gasteiger charge is -2.05. The summed E-state index contributed by atoms with van der Waals surface area (Å²) >= 11 is 0. The van der Waals surface area contributed by atoms with Crippen LogP contribution in [0, 0.1) is 6.07 Å². The van der Waals surface area contributed by atoms with Gasteiger partial charge in [0.15, 0.2) is 0 Å². The van der Waals surface area contributed by atoms with Gasteiger partial charge in [0.2, 0.25) is 0 Å². The molecule has 1 aromatic heterocycles. The van der Waals surface area contributed by atoms with Crippen molar-refractivity contribution in [2.45, 2.75) is 6.42 Å². The molecule has 111 valence electrons. The minimum absolute atomic E-state index is 0.0991. The fourth-order valence-electron chi connectivity index (χ4n) is 2.43. The number of methoxy groups -OCH3 is 1. The minimum Gasteiger partial charge on any atom is -0.497 e. The van der Waals surface area contributed by atoms with Crippen LogP contribution in [0.1, 0.15) is 15.9 Å². The largest absolute Gasteiger partial charge is 0.497 e. The van der Waals surface area contributed by atoms with Crippen LogP contribution in [-0.2, 0) is 6.42 Å². The number of nitrogens with one attached hydrogen (secondary N) is 2. The van der Waals surface area contributed by atoms with Gasteiger partial charge in [-0.25, -0.2) is 0 Å². The summed E-state index contributed by atoms with van der Waals surface area (Å²) in [6.07, 6.45) is 2.73. The van der Waals surface area contributed by atoms with E-state index in [0.29, 0.717) is 12.1 Å². The van der Waals surface area contributed by atoms with E-state index in [4.69, 9.17) is 4.74 Å². The normalized spacial score (nSPS) is 10.6. The van der Waals surface area contributed by atoms with Crippen LogP contribution >= 0.6 is 0 Å². The lowest BCUT2D eigenvalue weighted by molar-refractivity contribution is 0.0954. The summed E-state index contributed by atoms with van der Waals surface area (Å²) in [5.74, 6) is 0.731. The smallest absolute Gasteiger partial charge is 0.251 e. The Balaban J connectivity index is 1.65. The first-order valence-electron chi connectivity index (χ1n) is 7.17. The third-order valence-electron chi connectivity index (χ3n) is 3.61. The highest BCUT2D eigenvalue weighted by atomic mass is 16.5. The Kier molecular flexibility index (Phi) is 4.10. The zero-order valence-electron chi connectivity index (χ0n) is 12.3. The van der Waals surface area contributed by atoms with E-state index in [1.54, 1.807) is 19.2 Å². The van der Waals surface area contributed by atoms with E-state index in [-0.39, 0.29) is 5.91 Å². The molecule has 1 amide bonds. The minimum atomic E-state index is -0.0991. The molecule has 0 atom stereocenters. The van der Waals surface area contributed by atoms with Gasteiger partial charge >= 0.3 is 0 Å². The van der Waals surface area contributed by atoms with Crippen LogP contribution in [0.3, 0.4) is 0 Å². The molecule has 2 N–H and O–H groups in total. The highest BCUT2D eigenvalue weighted by Gasteiger charge is 2.07. The maximum atomic E-state index is 12.0. The molecule has 1 radical (unpaired) electrons. The van der Waals surface area contributed by atoms with Crippen molar-refractivity contribution >= 4 is 16.8 Å². The van der Waals surface area contributed by atoms with Crippen LogP contribution < -0.4 is 10.1 Å². The van der Waals surface area contributed by atoms with Crippen molar-refractivity contribution in [3.8, 4) is 5.75 Å². The Hall–Kier alpha value is -2.75. The number of rotatable bonds is 5. The second-order valence-electron chi connectivity index (χ2n) is 5.01. The summed E-state index contributed by atoms with van der Waals surface area (Å²) in [4.78, 5) is 15.2. The van der Waals surface area contributed by atoms with Crippen LogP contribution in [0.5, 0.6) is 5.75 Å². The van der Waals surface area contributed by atoms with Crippen molar-refractivity contribution in [3.05, 3.63) is 65.9 Å². The van der Waals surface area contributed by atoms with E-state index in [1.807, 2.05) is 36.5 Å². The molecule has 4 nitrogen and oxygen atoms in total. The Morgan fingerprint density at radius 3 is 3.00 bits per heavy atom. The van der Waals surface area contributed by atoms with Gasteiger partial charge in [0.1, 0.15) is 5.75 Å². The number of ether oxygens (including phenoxy) is 1. The van der Waals surface area contributed by atoms with E-state index >= 15 is 0 Å². The average molecular weight is 293 g/mol. The topological polar surface area (TPSA) is 54.1 Å². The van der Waals surface area contributed by atoms with Crippen LogP contribution in [-0.4, -0.2) is 24.5 Å². The standard InChI is InChI=1S/C18H17N2O2/c1-22-15-7-8-17-16(11-15)14(12-20-17)9-10-19-18(21)13-5-3-2-4-6-13/h2-5,7-8,11-12,20H,9-10H2,1H3,(H,19,21). The molecule has 0 aliphatic carbocycles. The van der Waals surface area contributed by atoms with Crippen molar-refractivity contribution in [3.63, 3.8) is 0 Å². The molecule has 0 fully saturated rings. The number of carbonyl (C=O) groups is 1. The molecule has 0 saturated heterocycles. The predicted molar refractivity (Wildman–Crippen MR) is 86.2 cm³/mol. The van der Waals surface area contributed by atoms with Gasteiger partial charge in [-0.2, -0.15) is 0 Å². The van der Waals surface area contributed by atoms with Crippen LogP contribution in [0.15, 0.2) is 48.7 Å². The van der Waals surface area contributed by atoms with E-state index in [0.717, 1.165) is 28.6 Å². The molecule has 0 bridgehead atoms. The second-order valence-corrected chi connectivity index (χ2v) is 5.01. The SMILES string of the molecule is COc1ccc2[nH]cc(CCNC(=O)c3[c]cccc3)c2c1. The first-order chi connectivity index (χ1) is 10.8. The van der Waals surface area contributed by atoms with Crippen molar-refractivity contribution in [2.24, 2.45) is 0 Å². The average Bonchev–Trinajstić information content (AvgIpc) is 2.98. The zero-order valence-corrected chi connectivity index (χ0v) is 12.3. The molecule has 0 saturated carbocycles. The first-order valence-corrected chi connectivity index (χ1v) is 7.17. The highest BCUT2D eigenvalue weighted by molar-refractivity contribution is 5.93. The van der Waals surface area contributed by atoms with Gasteiger partial charge in [-0.05, 0) is 42.3 Å². The third-order valence-corrected chi connectivity index (χ3v) is 3.61. The fourth-order valence-corrected chi connectivity index (χ4v) is 2.43. The van der Waals surface area contributed by atoms with Crippen molar-refractivity contribution in [2.75, 3.05) is 13.7 Å². The monoisotopic (exact) mass is 293 g/mol. The predicted octanol–water partition coefficient (Wildman–Crippen LogP) is 2.95. The molecule has 0 spiro atoms. The van der Waals surface area contributed by atoms with E-state index in [1.165, 1.54) is 0 Å². The first kappa shape index (κ1) is 14.2. The number of aromatic amines is 1. The molecule has 1 heterocycles. The number of H-pyrrole nitrogens is 1. The number of fused-ring (bicyclic) bond motifs is 1. The summed E-state index contributed by atoms with van der Waals surface area (Å²) in [5.41, 5.74) is 2.79. The molecule has 0 aliphatic heterocycles. The highest BCUT2D eigenvalue weighted by Crippen LogP contribution is 2.23. The number of aromatic nitrogens is 1. The zero-order chi connectivity index (χ0) is 15.4. The lowest BCUT2D eigenvalue weighted by atomic mass is 10.1. The van der Waals surface area contributed by atoms with E-state index in [9.17, 15) is 4.79 Å². The Morgan fingerprint density at radius 2 is 2.23 bits per heavy atom. The maximum absolute atomic E-state index is 12.0. The summed E-state index contributed by atoms with van der Waals surface area (Å²) in [7, 11) is 1.66. The van der Waals surface area contributed by atoms with Gasteiger partial charge in [0.05, 0.1) is 7.11 Å². The number of hydrogen-bond donors (Lipinski definition) is 2. The Morgan fingerprint density at radius 1 is 1.32 bits per heavy atom. The third kappa shape index (κ3) is 2.96. The fraction of sp³-hybridized carbons (Fsp3) is 0.167. The molecule has 3 rings (SSSR count). The Labute approximate surface area is 129 Å². The van der Waals surface area contributed by atoms with Gasteiger partial charge in [0.25, 0.3) is 5.91 Å². The summed E-state index contributed by atoms with van der Waals surface area (Å²) in [6.45, 7) is 0.575. The molecule has 4 heteroatoms. The van der Waals surface area contributed by atoms with Crippen molar-refractivity contribution < 1.29 is 9.53 Å². The van der Waals surface area contributed by atoms with Gasteiger partial charge in [-0.15, -0.1) is 0 Å².